The smallest absolute Gasteiger partial charge is 0.339 e. The molecule has 0 aliphatic rings. The van der Waals surface area contributed by atoms with Gasteiger partial charge in [-0.05, 0) is 25.0 Å². The number of esters is 2. The monoisotopic (exact) mass is 632 g/mol. The number of hydrogen-bond donors (Lipinski definition) is 0. The van der Waals surface area contributed by atoms with Crippen molar-refractivity contribution in [2.45, 2.75) is 77.3 Å². The molecule has 0 spiro atoms. The normalized spacial score (nSPS) is 12.0. The van der Waals surface area contributed by atoms with Crippen LogP contribution in [0.1, 0.15) is 33.6 Å². The SMILES string of the molecule is C[Si](C)c1ccc([Si](C)(C)CCCOC(=O)c2ccccc2C(=O)OCCC[Si](C)(C)c2ccc([Si](C)C)cc2)cc1. The summed E-state index contributed by atoms with van der Waals surface area (Å²) in [5.41, 5.74) is 0.544. The van der Waals surface area contributed by atoms with E-state index < -0.39 is 45.7 Å². The largest absolute Gasteiger partial charge is 0.462 e. The minimum Gasteiger partial charge on any atom is -0.462 e. The average molecular weight is 633 g/mol. The first-order chi connectivity index (χ1) is 19.8. The summed E-state index contributed by atoms with van der Waals surface area (Å²) in [4.78, 5) is 25.9. The molecule has 0 aliphatic carbocycles. The second-order valence-electron chi connectivity index (χ2n) is 12.9. The third kappa shape index (κ3) is 9.49. The molecule has 0 saturated heterocycles. The third-order valence-corrected chi connectivity index (χ3v) is 18.2. The zero-order valence-electron chi connectivity index (χ0n) is 26.8. The number of rotatable bonds is 14. The molecule has 0 bridgehead atoms. The van der Waals surface area contributed by atoms with Gasteiger partial charge in [-0.15, -0.1) is 0 Å². The minimum absolute atomic E-state index is 0.272. The molecule has 42 heavy (non-hydrogen) atoms. The van der Waals surface area contributed by atoms with Crippen molar-refractivity contribution in [1.29, 1.82) is 0 Å². The van der Waals surface area contributed by atoms with E-state index in [1.54, 1.807) is 24.3 Å². The van der Waals surface area contributed by atoms with Crippen molar-refractivity contribution in [3.63, 3.8) is 0 Å². The van der Waals surface area contributed by atoms with Crippen LogP contribution in [-0.2, 0) is 9.47 Å². The molecule has 4 nitrogen and oxygen atoms in total. The third-order valence-electron chi connectivity index (χ3n) is 8.21. The van der Waals surface area contributed by atoms with Gasteiger partial charge in [-0.3, -0.25) is 0 Å². The highest BCUT2D eigenvalue weighted by Crippen LogP contribution is 2.17. The molecule has 0 fully saturated rings. The van der Waals surface area contributed by atoms with Crippen LogP contribution in [-0.4, -0.2) is 58.9 Å². The van der Waals surface area contributed by atoms with Gasteiger partial charge in [0.1, 0.15) is 0 Å². The number of benzene rings is 3. The lowest BCUT2D eigenvalue weighted by Crippen LogP contribution is -2.42. The summed E-state index contributed by atoms with van der Waals surface area (Å²) in [5, 5.41) is 5.78. The Kier molecular flexibility index (Phi) is 12.3. The molecule has 224 valence electrons. The van der Waals surface area contributed by atoms with Crippen LogP contribution in [0.25, 0.3) is 0 Å². The van der Waals surface area contributed by atoms with Crippen molar-refractivity contribution in [3.8, 4) is 0 Å². The highest BCUT2D eigenvalue weighted by molar-refractivity contribution is 6.90. The minimum atomic E-state index is -1.63. The lowest BCUT2D eigenvalue weighted by molar-refractivity contribution is 0.0457. The topological polar surface area (TPSA) is 52.6 Å². The summed E-state index contributed by atoms with van der Waals surface area (Å²) >= 11 is 0. The van der Waals surface area contributed by atoms with Gasteiger partial charge in [0, 0.05) is 0 Å². The molecule has 3 aromatic rings. The molecule has 3 aromatic carbocycles. The quantitative estimate of drug-likeness (QED) is 0.126. The molecule has 3 rings (SSSR count). The van der Waals surface area contributed by atoms with Gasteiger partial charge in [0.25, 0.3) is 0 Å². The number of carbonyl (C=O) groups excluding carboxylic acids is 2. The Labute approximate surface area is 259 Å². The Bertz CT molecular complexity index is 1210. The van der Waals surface area contributed by atoms with Crippen LogP contribution in [0, 0.1) is 0 Å². The summed E-state index contributed by atoms with van der Waals surface area (Å²) < 4.78 is 11.3. The Morgan fingerprint density at radius 2 is 0.905 bits per heavy atom. The number of carbonyl (C=O) groups is 2. The number of ether oxygens (including phenoxy) is 2. The van der Waals surface area contributed by atoms with Gasteiger partial charge in [0.15, 0.2) is 0 Å². The lowest BCUT2D eigenvalue weighted by Gasteiger charge is -2.23. The van der Waals surface area contributed by atoms with E-state index in [2.05, 4.69) is 101 Å². The van der Waals surface area contributed by atoms with Crippen LogP contribution >= 0.6 is 0 Å². The fraction of sp³-hybridized carbons (Fsp3) is 0.412. The van der Waals surface area contributed by atoms with Crippen LogP contribution in [0.5, 0.6) is 0 Å². The Morgan fingerprint density at radius 3 is 1.21 bits per heavy atom. The predicted molar refractivity (Wildman–Crippen MR) is 187 cm³/mol. The summed E-state index contributed by atoms with van der Waals surface area (Å²) in [6, 6.07) is 27.2. The first-order valence-corrected chi connectivity index (χ1v) is 26.5. The van der Waals surface area contributed by atoms with E-state index in [1.165, 1.54) is 20.7 Å². The van der Waals surface area contributed by atoms with Crippen molar-refractivity contribution < 1.29 is 19.1 Å². The molecule has 0 aliphatic heterocycles. The Balaban J connectivity index is 1.48. The molecule has 0 unspecified atom stereocenters. The van der Waals surface area contributed by atoms with Gasteiger partial charge < -0.3 is 9.47 Å². The van der Waals surface area contributed by atoms with E-state index in [-0.39, 0.29) is 11.1 Å². The maximum absolute atomic E-state index is 12.9. The van der Waals surface area contributed by atoms with E-state index in [0.717, 1.165) is 24.9 Å². The van der Waals surface area contributed by atoms with Gasteiger partial charge in [0.2, 0.25) is 0 Å². The second-order valence-corrected chi connectivity index (χ2v) is 27.8. The van der Waals surface area contributed by atoms with Crippen LogP contribution in [0.15, 0.2) is 72.8 Å². The first-order valence-electron chi connectivity index (χ1n) is 15.1. The Hall–Kier alpha value is -2.53. The lowest BCUT2D eigenvalue weighted by atomic mass is 10.1. The van der Waals surface area contributed by atoms with Gasteiger partial charge in [-0.1, -0.05) is 146 Å². The highest BCUT2D eigenvalue weighted by atomic mass is 28.3. The maximum Gasteiger partial charge on any atom is 0.339 e. The zero-order valence-corrected chi connectivity index (χ0v) is 30.8. The van der Waals surface area contributed by atoms with Gasteiger partial charge in [-0.2, -0.15) is 0 Å². The fourth-order valence-electron chi connectivity index (χ4n) is 5.15. The fourth-order valence-corrected chi connectivity index (χ4v) is 11.6. The van der Waals surface area contributed by atoms with E-state index in [1.807, 2.05) is 0 Å². The van der Waals surface area contributed by atoms with Crippen LogP contribution in [0.3, 0.4) is 0 Å². The van der Waals surface area contributed by atoms with Crippen molar-refractivity contribution in [2.75, 3.05) is 13.2 Å². The molecule has 0 saturated carbocycles. The van der Waals surface area contributed by atoms with E-state index in [4.69, 9.17) is 9.47 Å². The second kappa shape index (κ2) is 15.3. The van der Waals surface area contributed by atoms with Crippen LogP contribution < -0.4 is 20.7 Å². The summed E-state index contributed by atoms with van der Waals surface area (Å²) in [6.07, 6.45) is 1.61. The van der Waals surface area contributed by atoms with Gasteiger partial charge >= 0.3 is 11.9 Å². The van der Waals surface area contributed by atoms with Crippen molar-refractivity contribution in [1.82, 2.24) is 0 Å². The molecule has 0 atom stereocenters. The number of hydrogen-bond acceptors (Lipinski definition) is 4. The first kappa shape index (κ1) is 34.0. The molecule has 0 aromatic heterocycles. The van der Waals surface area contributed by atoms with Crippen molar-refractivity contribution in [2.24, 2.45) is 0 Å². The molecule has 2 radical (unpaired) electrons. The van der Waals surface area contributed by atoms with Gasteiger partial charge in [-0.25, -0.2) is 9.59 Å². The molecule has 0 heterocycles. The van der Waals surface area contributed by atoms with Crippen LogP contribution in [0.4, 0.5) is 0 Å². The standard InChI is InChI=1S/C34H48O4Si4/c1-39(2)27-15-19-29(20-16-27)41(5,6)25-11-23-37-33(35)31-13-9-10-14-32(31)34(36)38-24-12-26-42(7,8)30-21-17-28(18-22-30)40(3)4/h9-10,13-22H,11-12,23-26H2,1-8H3. The van der Waals surface area contributed by atoms with E-state index in [0.29, 0.717) is 13.2 Å². The van der Waals surface area contributed by atoms with Gasteiger partial charge in [0.05, 0.1) is 58.1 Å². The van der Waals surface area contributed by atoms with Crippen molar-refractivity contribution in [3.05, 3.63) is 83.9 Å². The van der Waals surface area contributed by atoms with Crippen LogP contribution in [0.2, 0.25) is 64.5 Å². The molecule has 8 heteroatoms. The highest BCUT2D eigenvalue weighted by Gasteiger charge is 2.25. The van der Waals surface area contributed by atoms with E-state index >= 15 is 0 Å². The molecular weight excluding hydrogens is 585 g/mol. The summed E-state index contributed by atoms with van der Waals surface area (Å²) in [6.45, 7) is 19.4. The van der Waals surface area contributed by atoms with E-state index in [9.17, 15) is 9.59 Å². The Morgan fingerprint density at radius 1 is 0.571 bits per heavy atom. The summed E-state index contributed by atoms with van der Waals surface area (Å²) in [7, 11) is -4.13. The molecule has 0 N–H and O–H groups in total. The predicted octanol–water partition coefficient (Wildman–Crippen LogP) is 5.93. The average Bonchev–Trinajstić information content (AvgIpc) is 2.97. The zero-order chi connectivity index (χ0) is 30.9. The summed E-state index contributed by atoms with van der Waals surface area (Å²) in [5.74, 6) is -0.930. The molecule has 0 amide bonds. The molecular formula is C34H48O4Si4. The van der Waals surface area contributed by atoms with Crippen molar-refractivity contribution >= 4 is 66.4 Å². The maximum atomic E-state index is 12.9.